The number of nitrogens with one attached hydrogen (secondary N) is 2. The summed E-state index contributed by atoms with van der Waals surface area (Å²) in [6.45, 7) is 2.65. The summed E-state index contributed by atoms with van der Waals surface area (Å²) < 4.78 is 4.64. The van der Waals surface area contributed by atoms with Gasteiger partial charge in [0.05, 0.1) is 30.5 Å². The molecular formula is C33H33N3O5. The van der Waals surface area contributed by atoms with E-state index in [2.05, 4.69) is 32.5 Å². The minimum absolute atomic E-state index is 0.0611. The predicted octanol–water partition coefficient (Wildman–Crippen LogP) is 5.14. The van der Waals surface area contributed by atoms with Crippen LogP contribution in [0.2, 0.25) is 0 Å². The van der Waals surface area contributed by atoms with Crippen molar-refractivity contribution >= 4 is 30.6 Å². The molecule has 1 aliphatic carbocycles. The van der Waals surface area contributed by atoms with Crippen molar-refractivity contribution in [3.63, 3.8) is 0 Å². The van der Waals surface area contributed by atoms with Crippen molar-refractivity contribution in [2.45, 2.75) is 31.3 Å². The van der Waals surface area contributed by atoms with Crippen molar-refractivity contribution in [3.05, 3.63) is 131 Å². The maximum Gasteiger partial charge on any atom is 0.337 e. The van der Waals surface area contributed by atoms with Crippen LogP contribution in [0.15, 0.2) is 103 Å². The summed E-state index contributed by atoms with van der Waals surface area (Å²) in [7, 11) is 1.37. The van der Waals surface area contributed by atoms with Crippen molar-refractivity contribution in [2.24, 2.45) is 0 Å². The summed E-state index contributed by atoms with van der Waals surface area (Å²) in [4.78, 5) is 46.3. The first-order valence-electron chi connectivity index (χ1n) is 13.0. The average molecular weight is 552 g/mol. The van der Waals surface area contributed by atoms with Crippen LogP contribution in [0.25, 0.3) is 0 Å². The number of benzene rings is 3. The highest BCUT2D eigenvalue weighted by atomic mass is 16.5. The molecule has 0 unspecified atom stereocenters. The van der Waals surface area contributed by atoms with Crippen LogP contribution in [-0.4, -0.2) is 37.0 Å². The van der Waals surface area contributed by atoms with Gasteiger partial charge in [0.1, 0.15) is 13.1 Å². The van der Waals surface area contributed by atoms with Gasteiger partial charge in [-0.05, 0) is 72.5 Å². The van der Waals surface area contributed by atoms with Crippen LogP contribution < -0.4 is 10.6 Å². The number of hydrogen-bond acceptors (Lipinski definition) is 7. The number of ether oxygens (including phenoxy) is 1. The Morgan fingerprint density at radius 3 is 2.07 bits per heavy atom. The Labute approximate surface area is 239 Å². The first-order valence-corrected chi connectivity index (χ1v) is 13.0. The Balaban J connectivity index is 0.000000215. The molecule has 0 spiro atoms. The molecule has 1 aromatic heterocycles. The molecule has 0 bridgehead atoms. The Bertz CT molecular complexity index is 1390. The SMILES string of the molecule is C=O.COC(=O)c1ccc(NCc2ccccn2)cc1.O=CCc1ccc(C(=O)NC2(c3ccccc3)CC2)cc1. The summed E-state index contributed by atoms with van der Waals surface area (Å²) in [6, 6.07) is 30.2. The number of methoxy groups -OCH3 is 1. The molecule has 3 aromatic carbocycles. The average Bonchev–Trinajstić information content (AvgIpc) is 3.83. The molecule has 1 amide bonds. The fraction of sp³-hybridized carbons (Fsp3) is 0.182. The number of nitrogens with zero attached hydrogens (tertiary/aromatic N) is 1. The molecule has 1 fully saturated rings. The summed E-state index contributed by atoms with van der Waals surface area (Å²) in [5, 5.41) is 6.37. The second kappa shape index (κ2) is 15.5. The number of hydrogen-bond donors (Lipinski definition) is 2. The Kier molecular flexibility index (Phi) is 11.5. The number of carbonyl (C=O) groups is 4. The van der Waals surface area contributed by atoms with Gasteiger partial charge in [-0.3, -0.25) is 9.78 Å². The zero-order valence-corrected chi connectivity index (χ0v) is 22.9. The smallest absolute Gasteiger partial charge is 0.337 e. The lowest BCUT2D eigenvalue weighted by Crippen LogP contribution is -2.34. The van der Waals surface area contributed by atoms with Crippen LogP contribution in [0.3, 0.4) is 0 Å². The van der Waals surface area contributed by atoms with E-state index in [1.807, 2.05) is 67.5 Å². The lowest BCUT2D eigenvalue weighted by atomic mass is 10.0. The summed E-state index contributed by atoms with van der Waals surface area (Å²) in [6.07, 6.45) is 4.97. The van der Waals surface area contributed by atoms with Gasteiger partial charge in [-0.1, -0.05) is 48.5 Å². The normalized spacial score (nSPS) is 12.2. The Hall–Kier alpha value is -5.11. The number of carbonyl (C=O) groups excluding carboxylic acids is 4. The quantitative estimate of drug-likeness (QED) is 0.219. The first kappa shape index (κ1) is 30.4. The van der Waals surface area contributed by atoms with Gasteiger partial charge in [-0.2, -0.15) is 0 Å². The van der Waals surface area contributed by atoms with Crippen molar-refractivity contribution in [1.82, 2.24) is 10.3 Å². The molecule has 0 saturated heterocycles. The second-order valence-corrected chi connectivity index (χ2v) is 9.21. The topological polar surface area (TPSA) is 114 Å². The molecule has 4 aromatic rings. The van der Waals surface area contributed by atoms with Crippen molar-refractivity contribution < 1.29 is 23.9 Å². The van der Waals surface area contributed by atoms with Gasteiger partial charge >= 0.3 is 5.97 Å². The molecule has 0 atom stereocenters. The van der Waals surface area contributed by atoms with Crippen LogP contribution in [0, 0.1) is 0 Å². The third-order valence-electron chi connectivity index (χ3n) is 6.47. The molecular weight excluding hydrogens is 518 g/mol. The maximum atomic E-state index is 12.4. The number of pyridine rings is 1. The van der Waals surface area contributed by atoms with E-state index >= 15 is 0 Å². The lowest BCUT2D eigenvalue weighted by molar-refractivity contribution is -0.107. The van der Waals surface area contributed by atoms with Gasteiger partial charge < -0.3 is 25.0 Å². The van der Waals surface area contributed by atoms with Gasteiger partial charge in [0.15, 0.2) is 0 Å². The van der Waals surface area contributed by atoms with Gasteiger partial charge in [0.2, 0.25) is 0 Å². The number of rotatable bonds is 9. The van der Waals surface area contributed by atoms with Crippen molar-refractivity contribution in [3.8, 4) is 0 Å². The number of amides is 1. The third kappa shape index (κ3) is 8.96. The third-order valence-corrected chi connectivity index (χ3v) is 6.47. The molecule has 2 N–H and O–H groups in total. The number of aromatic nitrogens is 1. The molecule has 210 valence electrons. The maximum absolute atomic E-state index is 12.4. The first-order chi connectivity index (χ1) is 20.0. The zero-order chi connectivity index (χ0) is 29.5. The highest BCUT2D eigenvalue weighted by molar-refractivity contribution is 5.95. The molecule has 1 heterocycles. The van der Waals surface area contributed by atoms with Gasteiger partial charge in [0.25, 0.3) is 5.91 Å². The summed E-state index contributed by atoms with van der Waals surface area (Å²) in [5.41, 5.74) is 4.97. The standard InChI is InChI=1S/C18H17NO2.C14H14N2O2.CH2O/c20-13-10-14-6-8-15(9-7-14)17(21)19-18(11-12-18)16-4-2-1-3-5-16;1-18-14(17)11-5-7-12(8-6-11)16-10-13-4-2-3-9-15-13;1-2/h1-9,13H,10-12H2,(H,19,21);2-9,16H,10H2,1H3;1H2. The van der Waals surface area contributed by atoms with E-state index in [-0.39, 0.29) is 17.4 Å². The van der Waals surface area contributed by atoms with Crippen molar-refractivity contribution in [2.75, 3.05) is 12.4 Å². The summed E-state index contributed by atoms with van der Waals surface area (Å²) >= 11 is 0. The van der Waals surface area contributed by atoms with Crippen LogP contribution >= 0.6 is 0 Å². The number of anilines is 1. The summed E-state index contributed by atoms with van der Waals surface area (Å²) in [5.74, 6) is -0.389. The number of aldehydes is 1. The van der Waals surface area contributed by atoms with Crippen LogP contribution in [0.5, 0.6) is 0 Å². The van der Waals surface area contributed by atoms with E-state index < -0.39 is 0 Å². The van der Waals surface area contributed by atoms with Gasteiger partial charge in [0, 0.05) is 23.9 Å². The Morgan fingerprint density at radius 1 is 0.878 bits per heavy atom. The van der Waals surface area contributed by atoms with Crippen LogP contribution in [-0.2, 0) is 32.8 Å². The highest BCUT2D eigenvalue weighted by Crippen LogP contribution is 2.45. The van der Waals surface area contributed by atoms with E-state index in [4.69, 9.17) is 4.79 Å². The fourth-order valence-electron chi connectivity index (χ4n) is 4.08. The van der Waals surface area contributed by atoms with Gasteiger partial charge in [-0.15, -0.1) is 0 Å². The minimum atomic E-state index is -0.328. The zero-order valence-electron chi connectivity index (χ0n) is 22.9. The van der Waals surface area contributed by atoms with E-state index in [0.717, 1.165) is 41.6 Å². The van der Waals surface area contributed by atoms with E-state index in [1.54, 1.807) is 30.5 Å². The molecule has 5 rings (SSSR count). The molecule has 8 heteroatoms. The van der Waals surface area contributed by atoms with E-state index in [9.17, 15) is 14.4 Å². The minimum Gasteiger partial charge on any atom is -0.465 e. The highest BCUT2D eigenvalue weighted by Gasteiger charge is 2.45. The van der Waals surface area contributed by atoms with E-state index in [0.29, 0.717) is 24.1 Å². The molecule has 41 heavy (non-hydrogen) atoms. The monoisotopic (exact) mass is 551 g/mol. The second-order valence-electron chi connectivity index (χ2n) is 9.21. The van der Waals surface area contributed by atoms with Crippen LogP contribution in [0.1, 0.15) is 50.4 Å². The molecule has 1 aliphatic rings. The largest absolute Gasteiger partial charge is 0.465 e. The van der Waals surface area contributed by atoms with Crippen LogP contribution in [0.4, 0.5) is 5.69 Å². The molecule has 0 aliphatic heterocycles. The molecule has 8 nitrogen and oxygen atoms in total. The molecule has 0 radical (unpaired) electrons. The van der Waals surface area contributed by atoms with Gasteiger partial charge in [-0.25, -0.2) is 4.79 Å². The van der Waals surface area contributed by atoms with E-state index in [1.165, 1.54) is 7.11 Å². The Morgan fingerprint density at radius 2 is 1.51 bits per heavy atom. The lowest BCUT2D eigenvalue weighted by Gasteiger charge is -2.18. The molecule has 1 saturated carbocycles. The predicted molar refractivity (Wildman–Crippen MR) is 157 cm³/mol. The fourth-order valence-corrected chi connectivity index (χ4v) is 4.08. The number of esters is 1. The van der Waals surface area contributed by atoms with Crippen molar-refractivity contribution in [1.29, 1.82) is 0 Å².